The van der Waals surface area contributed by atoms with Crippen molar-refractivity contribution >= 4 is 5.69 Å². The Hall–Kier alpha value is -2.31. The highest BCUT2D eigenvalue weighted by atomic mass is 19.2. The van der Waals surface area contributed by atoms with Gasteiger partial charge in [0.15, 0.2) is 34.8 Å². The number of benzene rings is 2. The van der Waals surface area contributed by atoms with E-state index in [1.54, 1.807) is 0 Å². The molecule has 0 aliphatic carbocycles. The average Bonchev–Trinajstić information content (AvgIpc) is 2.45. The lowest BCUT2D eigenvalue weighted by Crippen LogP contribution is -2.07. The van der Waals surface area contributed by atoms with E-state index < -0.39 is 34.8 Å². The van der Waals surface area contributed by atoms with E-state index in [4.69, 9.17) is 4.74 Å². The minimum Gasteiger partial charge on any atom is -0.494 e. The molecule has 0 aromatic heterocycles. The Bertz CT molecular complexity index is 649. The van der Waals surface area contributed by atoms with E-state index in [0.717, 1.165) is 6.07 Å². The Kier molecular flexibility index (Phi) is 4.30. The molecule has 2 aromatic carbocycles. The highest BCUT2D eigenvalue weighted by Gasteiger charge is 2.18. The number of ether oxygens (including phenoxy) is 1. The zero-order valence-electron chi connectivity index (χ0n) is 10.8. The molecule has 0 spiro atoms. The SMILES string of the molecule is COc1ccc(CNc2c(F)c(F)cc(F)c2F)cc1F. The number of hydrogen-bond acceptors (Lipinski definition) is 2. The maximum atomic E-state index is 13.4. The van der Waals surface area contributed by atoms with Gasteiger partial charge in [0.05, 0.1) is 7.11 Å². The number of nitrogens with one attached hydrogen (secondary N) is 1. The summed E-state index contributed by atoms with van der Waals surface area (Å²) in [5.74, 6) is -6.77. The molecule has 0 aliphatic rings. The molecule has 2 nitrogen and oxygen atoms in total. The monoisotopic (exact) mass is 303 g/mol. The molecule has 0 saturated carbocycles. The number of anilines is 1. The third-order valence-corrected chi connectivity index (χ3v) is 2.80. The van der Waals surface area contributed by atoms with Crippen LogP contribution >= 0.6 is 0 Å². The van der Waals surface area contributed by atoms with Crippen LogP contribution in [0.25, 0.3) is 0 Å². The number of rotatable bonds is 4. The van der Waals surface area contributed by atoms with Crippen molar-refractivity contribution in [2.45, 2.75) is 6.54 Å². The van der Waals surface area contributed by atoms with Crippen LogP contribution in [0.2, 0.25) is 0 Å². The van der Waals surface area contributed by atoms with Gasteiger partial charge in [-0.15, -0.1) is 0 Å². The molecular weight excluding hydrogens is 293 g/mol. The van der Waals surface area contributed by atoms with Gasteiger partial charge >= 0.3 is 0 Å². The van der Waals surface area contributed by atoms with Gasteiger partial charge in [0.25, 0.3) is 0 Å². The fourth-order valence-corrected chi connectivity index (χ4v) is 1.74. The van der Waals surface area contributed by atoms with Gasteiger partial charge in [0.1, 0.15) is 5.69 Å². The van der Waals surface area contributed by atoms with Crippen molar-refractivity contribution in [3.05, 3.63) is 58.9 Å². The summed E-state index contributed by atoms with van der Waals surface area (Å²) in [6.07, 6.45) is 0. The maximum Gasteiger partial charge on any atom is 0.185 e. The highest BCUT2D eigenvalue weighted by molar-refractivity contribution is 5.48. The summed E-state index contributed by atoms with van der Waals surface area (Å²) in [7, 11) is 1.29. The third kappa shape index (κ3) is 3.07. The van der Waals surface area contributed by atoms with Crippen molar-refractivity contribution in [2.75, 3.05) is 12.4 Å². The molecule has 2 rings (SSSR count). The molecule has 7 heteroatoms. The molecule has 0 aliphatic heterocycles. The Morgan fingerprint density at radius 2 is 1.52 bits per heavy atom. The first kappa shape index (κ1) is 15.1. The van der Waals surface area contributed by atoms with Crippen molar-refractivity contribution in [1.29, 1.82) is 0 Å². The molecule has 0 saturated heterocycles. The van der Waals surface area contributed by atoms with Gasteiger partial charge in [-0.2, -0.15) is 0 Å². The van der Waals surface area contributed by atoms with E-state index in [0.29, 0.717) is 5.56 Å². The Labute approximate surface area is 117 Å². The van der Waals surface area contributed by atoms with E-state index >= 15 is 0 Å². The molecule has 0 unspecified atom stereocenters. The summed E-state index contributed by atoms with van der Waals surface area (Å²) < 4.78 is 71.0. The molecular formula is C14H10F5NO. The van der Waals surface area contributed by atoms with Gasteiger partial charge in [-0.05, 0) is 17.7 Å². The number of methoxy groups -OCH3 is 1. The van der Waals surface area contributed by atoms with Gasteiger partial charge in [0.2, 0.25) is 0 Å². The van der Waals surface area contributed by atoms with Gasteiger partial charge in [0, 0.05) is 12.6 Å². The van der Waals surface area contributed by atoms with Crippen LogP contribution in [0.15, 0.2) is 24.3 Å². The summed E-state index contributed by atoms with van der Waals surface area (Å²) in [6, 6.07) is 3.96. The van der Waals surface area contributed by atoms with Gasteiger partial charge in [-0.25, -0.2) is 22.0 Å². The smallest absolute Gasteiger partial charge is 0.185 e. The standard InChI is InChI=1S/C14H10F5NO/c1-21-11-3-2-7(4-8(11)15)6-20-14-12(18)9(16)5-10(17)13(14)19/h2-5,20H,6H2,1H3. The fraction of sp³-hybridized carbons (Fsp3) is 0.143. The fourth-order valence-electron chi connectivity index (χ4n) is 1.74. The molecule has 21 heavy (non-hydrogen) atoms. The molecule has 112 valence electrons. The van der Waals surface area contributed by atoms with Crippen molar-refractivity contribution in [3.8, 4) is 5.75 Å². The third-order valence-electron chi connectivity index (χ3n) is 2.80. The zero-order valence-corrected chi connectivity index (χ0v) is 10.8. The molecule has 0 heterocycles. The van der Waals surface area contributed by atoms with E-state index in [9.17, 15) is 22.0 Å². The summed E-state index contributed by atoms with van der Waals surface area (Å²) >= 11 is 0. The zero-order chi connectivity index (χ0) is 15.6. The van der Waals surface area contributed by atoms with Crippen LogP contribution in [0.4, 0.5) is 27.6 Å². The Balaban J connectivity index is 2.22. The Morgan fingerprint density at radius 1 is 0.905 bits per heavy atom. The molecule has 0 amide bonds. The lowest BCUT2D eigenvalue weighted by Gasteiger charge is -2.11. The second kappa shape index (κ2) is 5.99. The first-order valence-corrected chi connectivity index (χ1v) is 5.83. The molecule has 2 aromatic rings. The maximum absolute atomic E-state index is 13.4. The van der Waals surface area contributed by atoms with Crippen molar-refractivity contribution in [3.63, 3.8) is 0 Å². The molecule has 0 fully saturated rings. The van der Waals surface area contributed by atoms with Gasteiger partial charge in [-0.1, -0.05) is 6.07 Å². The second-order valence-electron chi connectivity index (χ2n) is 4.17. The normalized spacial score (nSPS) is 10.6. The first-order chi connectivity index (χ1) is 9.93. The minimum atomic E-state index is -1.54. The van der Waals surface area contributed by atoms with E-state index in [1.165, 1.54) is 19.2 Å². The number of hydrogen-bond donors (Lipinski definition) is 1. The van der Waals surface area contributed by atoms with Crippen LogP contribution in [0.1, 0.15) is 5.56 Å². The van der Waals surface area contributed by atoms with Gasteiger partial charge in [-0.3, -0.25) is 0 Å². The average molecular weight is 303 g/mol. The molecule has 0 bridgehead atoms. The predicted octanol–water partition coefficient (Wildman–Crippen LogP) is 4.00. The minimum absolute atomic E-state index is 0.00733. The van der Waals surface area contributed by atoms with Crippen LogP contribution in [-0.2, 0) is 6.54 Å². The van der Waals surface area contributed by atoms with Crippen LogP contribution in [0, 0.1) is 29.1 Å². The van der Waals surface area contributed by atoms with Crippen LogP contribution in [0.3, 0.4) is 0 Å². The largest absolute Gasteiger partial charge is 0.494 e. The molecule has 0 atom stereocenters. The summed E-state index contributed by atoms with van der Waals surface area (Å²) in [6.45, 7) is -0.225. The molecule has 1 N–H and O–H groups in total. The lowest BCUT2D eigenvalue weighted by molar-refractivity contribution is 0.386. The van der Waals surface area contributed by atoms with Crippen LogP contribution in [0.5, 0.6) is 5.75 Å². The van der Waals surface area contributed by atoms with E-state index in [-0.39, 0.29) is 18.4 Å². The summed E-state index contributed by atoms with van der Waals surface area (Å²) in [5.41, 5.74) is -0.625. The van der Waals surface area contributed by atoms with E-state index in [1.807, 2.05) is 0 Å². The molecule has 0 radical (unpaired) electrons. The quantitative estimate of drug-likeness (QED) is 0.681. The summed E-state index contributed by atoms with van der Waals surface area (Å²) in [4.78, 5) is 0. The van der Waals surface area contributed by atoms with Crippen molar-refractivity contribution in [1.82, 2.24) is 0 Å². The second-order valence-corrected chi connectivity index (χ2v) is 4.17. The Morgan fingerprint density at radius 3 is 2.05 bits per heavy atom. The number of halogens is 5. The van der Waals surface area contributed by atoms with Gasteiger partial charge < -0.3 is 10.1 Å². The topological polar surface area (TPSA) is 21.3 Å². The lowest BCUT2D eigenvalue weighted by atomic mass is 10.2. The van der Waals surface area contributed by atoms with Crippen LogP contribution in [-0.4, -0.2) is 7.11 Å². The first-order valence-electron chi connectivity index (χ1n) is 5.83. The van der Waals surface area contributed by atoms with Crippen LogP contribution < -0.4 is 10.1 Å². The van der Waals surface area contributed by atoms with Crippen molar-refractivity contribution < 1.29 is 26.7 Å². The van der Waals surface area contributed by atoms with Crippen molar-refractivity contribution in [2.24, 2.45) is 0 Å². The predicted molar refractivity (Wildman–Crippen MR) is 66.6 cm³/mol. The highest BCUT2D eigenvalue weighted by Crippen LogP contribution is 2.25. The van der Waals surface area contributed by atoms with E-state index in [2.05, 4.69) is 5.32 Å². The summed E-state index contributed by atoms with van der Waals surface area (Å²) in [5, 5.41) is 2.21.